The minimum Gasteiger partial charge on any atom is -0.497 e. The summed E-state index contributed by atoms with van der Waals surface area (Å²) in [6, 6.07) is 2.44. The molecule has 0 radical (unpaired) electrons. The summed E-state index contributed by atoms with van der Waals surface area (Å²) < 4.78 is 0. The standard InChI is InChI=1S/C15H22N2O5/c1-2-3-4-5-6-7-8-9-12-10-13(16(19)20)15(18)14(11-12)17(21)22/h10-11,18H,2-9H2,1H3. The molecule has 0 aliphatic heterocycles. The minimum atomic E-state index is -0.877. The number of phenols is 1. The van der Waals surface area contributed by atoms with Crippen molar-refractivity contribution in [3.05, 3.63) is 37.9 Å². The number of benzene rings is 1. The van der Waals surface area contributed by atoms with Crippen LogP contribution >= 0.6 is 0 Å². The van der Waals surface area contributed by atoms with Crippen molar-refractivity contribution < 1.29 is 15.0 Å². The molecule has 0 aliphatic rings. The molecule has 0 atom stereocenters. The van der Waals surface area contributed by atoms with Gasteiger partial charge in [0.25, 0.3) is 5.75 Å². The molecule has 7 heteroatoms. The fourth-order valence-electron chi connectivity index (χ4n) is 2.37. The highest BCUT2D eigenvalue weighted by Gasteiger charge is 2.25. The van der Waals surface area contributed by atoms with E-state index in [1.807, 2.05) is 0 Å². The van der Waals surface area contributed by atoms with Crippen molar-refractivity contribution in [1.82, 2.24) is 0 Å². The highest BCUT2D eigenvalue weighted by atomic mass is 16.6. The predicted octanol–water partition coefficient (Wildman–Crippen LogP) is 4.50. The van der Waals surface area contributed by atoms with Gasteiger partial charge >= 0.3 is 11.4 Å². The smallest absolute Gasteiger partial charge is 0.318 e. The largest absolute Gasteiger partial charge is 0.497 e. The summed E-state index contributed by atoms with van der Waals surface area (Å²) in [5.41, 5.74) is -0.691. The molecule has 0 aliphatic carbocycles. The van der Waals surface area contributed by atoms with Gasteiger partial charge in [0.1, 0.15) is 0 Å². The molecule has 1 N–H and O–H groups in total. The van der Waals surface area contributed by atoms with E-state index in [-0.39, 0.29) is 0 Å². The number of aryl methyl sites for hydroxylation is 1. The Morgan fingerprint density at radius 1 is 0.909 bits per heavy atom. The normalized spacial score (nSPS) is 10.6. The van der Waals surface area contributed by atoms with E-state index in [9.17, 15) is 25.3 Å². The van der Waals surface area contributed by atoms with Gasteiger partial charge in [-0.1, -0.05) is 45.4 Å². The fourth-order valence-corrected chi connectivity index (χ4v) is 2.37. The van der Waals surface area contributed by atoms with E-state index in [4.69, 9.17) is 0 Å². The molecule has 1 aromatic carbocycles. The van der Waals surface area contributed by atoms with Crippen LogP contribution in [0.15, 0.2) is 12.1 Å². The van der Waals surface area contributed by atoms with E-state index in [0.717, 1.165) is 19.3 Å². The highest BCUT2D eigenvalue weighted by Crippen LogP contribution is 2.37. The molecular weight excluding hydrogens is 288 g/mol. The molecule has 7 nitrogen and oxygen atoms in total. The van der Waals surface area contributed by atoms with E-state index < -0.39 is 27.0 Å². The number of nitrogens with zero attached hydrogens (tertiary/aromatic N) is 2. The Morgan fingerprint density at radius 3 is 1.82 bits per heavy atom. The molecule has 0 aromatic heterocycles. The number of unbranched alkanes of at least 4 members (excludes halogenated alkanes) is 6. The summed E-state index contributed by atoms with van der Waals surface area (Å²) in [6.45, 7) is 2.16. The van der Waals surface area contributed by atoms with E-state index in [1.165, 1.54) is 37.8 Å². The third kappa shape index (κ3) is 5.31. The van der Waals surface area contributed by atoms with Crippen LogP contribution in [0.4, 0.5) is 11.4 Å². The van der Waals surface area contributed by atoms with Crippen molar-refractivity contribution in [2.75, 3.05) is 0 Å². The average Bonchev–Trinajstić information content (AvgIpc) is 2.47. The van der Waals surface area contributed by atoms with E-state index in [1.54, 1.807) is 0 Å². The second kappa shape index (κ2) is 8.96. The van der Waals surface area contributed by atoms with Gasteiger partial charge in [-0.05, 0) is 18.4 Å². The first-order chi connectivity index (χ1) is 10.5. The molecule has 122 valence electrons. The first kappa shape index (κ1) is 17.9. The van der Waals surface area contributed by atoms with Gasteiger partial charge in [0.15, 0.2) is 0 Å². The molecule has 0 fully saturated rings. The zero-order valence-corrected chi connectivity index (χ0v) is 12.8. The Bertz CT molecular complexity index is 496. The van der Waals surface area contributed by atoms with Crippen LogP contribution in [-0.2, 0) is 6.42 Å². The molecule has 0 spiro atoms. The Labute approximate surface area is 129 Å². The number of aromatic hydroxyl groups is 1. The molecule has 0 heterocycles. The first-order valence-electron chi connectivity index (χ1n) is 7.62. The van der Waals surface area contributed by atoms with Crippen LogP contribution in [-0.4, -0.2) is 15.0 Å². The molecule has 0 bridgehead atoms. The second-order valence-corrected chi connectivity index (χ2v) is 5.37. The van der Waals surface area contributed by atoms with Crippen LogP contribution in [0.25, 0.3) is 0 Å². The number of phenolic OH excluding ortho intramolecular Hbond substituents is 1. The number of nitro groups is 2. The number of hydrogen-bond donors (Lipinski definition) is 1. The van der Waals surface area contributed by atoms with Crippen LogP contribution in [0.3, 0.4) is 0 Å². The predicted molar refractivity (Wildman–Crippen MR) is 83.1 cm³/mol. The lowest BCUT2D eigenvalue weighted by Gasteiger charge is -2.04. The summed E-state index contributed by atoms with van der Waals surface area (Å²) in [6.07, 6.45) is 8.27. The number of nitro benzene ring substituents is 2. The Morgan fingerprint density at radius 2 is 1.36 bits per heavy atom. The molecule has 1 rings (SSSR count). The van der Waals surface area contributed by atoms with Gasteiger partial charge in [-0.3, -0.25) is 20.2 Å². The Balaban J connectivity index is 2.63. The average molecular weight is 310 g/mol. The maximum Gasteiger partial charge on any atom is 0.318 e. The lowest BCUT2D eigenvalue weighted by molar-refractivity contribution is -0.396. The van der Waals surface area contributed by atoms with Crippen LogP contribution in [0.1, 0.15) is 57.4 Å². The second-order valence-electron chi connectivity index (χ2n) is 5.37. The Hall–Kier alpha value is -2.18. The van der Waals surface area contributed by atoms with E-state index in [0.29, 0.717) is 12.0 Å². The van der Waals surface area contributed by atoms with Crippen LogP contribution in [0, 0.1) is 20.2 Å². The molecular formula is C15H22N2O5. The van der Waals surface area contributed by atoms with Gasteiger partial charge < -0.3 is 5.11 Å². The van der Waals surface area contributed by atoms with Crippen LogP contribution < -0.4 is 0 Å². The van der Waals surface area contributed by atoms with Crippen molar-refractivity contribution in [3.63, 3.8) is 0 Å². The number of hydrogen-bond acceptors (Lipinski definition) is 5. The molecule has 1 aromatic rings. The minimum absolute atomic E-state index is 0.518. The zero-order chi connectivity index (χ0) is 16.5. The lowest BCUT2D eigenvalue weighted by atomic mass is 10.0. The summed E-state index contributed by atoms with van der Waals surface area (Å²) in [7, 11) is 0. The van der Waals surface area contributed by atoms with E-state index in [2.05, 4.69) is 6.92 Å². The summed E-state index contributed by atoms with van der Waals surface area (Å²) in [5.74, 6) is -0.877. The molecule has 0 saturated carbocycles. The van der Waals surface area contributed by atoms with E-state index >= 15 is 0 Å². The number of rotatable bonds is 10. The van der Waals surface area contributed by atoms with Gasteiger partial charge in [0, 0.05) is 12.1 Å². The van der Waals surface area contributed by atoms with Gasteiger partial charge in [-0.15, -0.1) is 0 Å². The molecule has 0 saturated heterocycles. The summed E-state index contributed by atoms with van der Waals surface area (Å²) in [4.78, 5) is 20.1. The van der Waals surface area contributed by atoms with Crippen LogP contribution in [0.2, 0.25) is 0 Å². The first-order valence-corrected chi connectivity index (χ1v) is 7.62. The van der Waals surface area contributed by atoms with Gasteiger partial charge in [-0.25, -0.2) is 0 Å². The third-order valence-electron chi connectivity index (χ3n) is 3.59. The topological polar surface area (TPSA) is 107 Å². The van der Waals surface area contributed by atoms with Crippen molar-refractivity contribution in [2.24, 2.45) is 0 Å². The third-order valence-corrected chi connectivity index (χ3v) is 3.59. The monoisotopic (exact) mass is 310 g/mol. The van der Waals surface area contributed by atoms with Gasteiger partial charge in [0.05, 0.1) is 9.85 Å². The van der Waals surface area contributed by atoms with Gasteiger partial charge in [-0.2, -0.15) is 0 Å². The van der Waals surface area contributed by atoms with Crippen LogP contribution in [0.5, 0.6) is 5.75 Å². The van der Waals surface area contributed by atoms with Crippen molar-refractivity contribution >= 4 is 11.4 Å². The Kier molecular flexibility index (Phi) is 7.28. The van der Waals surface area contributed by atoms with Crippen molar-refractivity contribution in [3.8, 4) is 5.75 Å². The zero-order valence-electron chi connectivity index (χ0n) is 12.8. The van der Waals surface area contributed by atoms with Gasteiger partial charge in [0.2, 0.25) is 0 Å². The fraction of sp³-hybridized carbons (Fsp3) is 0.600. The quantitative estimate of drug-likeness (QED) is 0.389. The van der Waals surface area contributed by atoms with Crippen molar-refractivity contribution in [1.29, 1.82) is 0 Å². The lowest BCUT2D eigenvalue weighted by Crippen LogP contribution is -1.97. The molecule has 0 unspecified atom stereocenters. The molecule has 0 amide bonds. The maximum absolute atomic E-state index is 10.8. The maximum atomic E-state index is 10.8. The highest BCUT2D eigenvalue weighted by molar-refractivity contribution is 5.61. The summed E-state index contributed by atoms with van der Waals surface area (Å²) in [5, 5.41) is 31.3. The summed E-state index contributed by atoms with van der Waals surface area (Å²) >= 11 is 0. The van der Waals surface area contributed by atoms with Crippen molar-refractivity contribution in [2.45, 2.75) is 58.3 Å². The molecule has 22 heavy (non-hydrogen) atoms. The SMILES string of the molecule is CCCCCCCCCc1cc([N+](=O)[O-])c(O)c([N+](=O)[O-])c1.